The van der Waals surface area contributed by atoms with Gasteiger partial charge in [0.1, 0.15) is 0 Å². The molecule has 0 radical (unpaired) electrons. The van der Waals surface area contributed by atoms with E-state index in [0.29, 0.717) is 17.4 Å². The van der Waals surface area contributed by atoms with Crippen LogP contribution in [-0.4, -0.2) is 5.78 Å². The highest BCUT2D eigenvalue weighted by atomic mass is 16.1. The average Bonchev–Trinajstić information content (AvgIpc) is 2.21. The molecule has 0 bridgehead atoms. The summed E-state index contributed by atoms with van der Waals surface area (Å²) in [6, 6.07) is 0. The number of terminal acetylenes is 1. The van der Waals surface area contributed by atoms with Gasteiger partial charge in [-0.05, 0) is 31.3 Å². The predicted octanol–water partition coefficient (Wildman–Crippen LogP) is 2.98. The number of hydrogen-bond donors (Lipinski definition) is 0. The van der Waals surface area contributed by atoms with Crippen LogP contribution in [0.5, 0.6) is 0 Å². The number of ketones is 1. The second kappa shape index (κ2) is 4.98. The predicted molar refractivity (Wildman–Crippen MR) is 63.2 cm³/mol. The number of rotatable bonds is 2. The summed E-state index contributed by atoms with van der Waals surface area (Å²) in [5.74, 6) is 3.61. The summed E-state index contributed by atoms with van der Waals surface area (Å²) in [5.41, 5.74) is 0.707. The van der Waals surface area contributed by atoms with E-state index in [1.165, 1.54) is 0 Å². The van der Waals surface area contributed by atoms with Crippen LogP contribution in [0.2, 0.25) is 0 Å². The summed E-state index contributed by atoms with van der Waals surface area (Å²) in [4.78, 5) is 11.9. The van der Waals surface area contributed by atoms with Crippen LogP contribution < -0.4 is 0 Å². The van der Waals surface area contributed by atoms with Gasteiger partial charge in [0.15, 0.2) is 5.78 Å². The zero-order chi connectivity index (χ0) is 11.4. The first-order valence-electron chi connectivity index (χ1n) is 5.41. The fourth-order valence-electron chi connectivity index (χ4n) is 1.89. The van der Waals surface area contributed by atoms with E-state index in [9.17, 15) is 4.79 Å². The number of carbonyl (C=O) groups is 1. The van der Waals surface area contributed by atoms with Gasteiger partial charge in [-0.2, -0.15) is 0 Å². The minimum absolute atomic E-state index is 0.0112. The first-order valence-corrected chi connectivity index (χ1v) is 5.41. The molecule has 1 nitrogen and oxygen atoms in total. The summed E-state index contributed by atoms with van der Waals surface area (Å²) in [7, 11) is 0. The first kappa shape index (κ1) is 11.8. The molecular weight excluding hydrogens is 184 g/mol. The fourth-order valence-corrected chi connectivity index (χ4v) is 1.89. The van der Waals surface area contributed by atoms with Crippen LogP contribution in [0.3, 0.4) is 0 Å². The molecule has 3 unspecified atom stereocenters. The summed E-state index contributed by atoms with van der Waals surface area (Å²) < 4.78 is 0. The van der Waals surface area contributed by atoms with Crippen LogP contribution in [0.15, 0.2) is 23.8 Å². The fraction of sp³-hybridized carbons (Fsp3) is 0.500. The molecule has 80 valence electrons. The smallest absolute Gasteiger partial charge is 0.163 e. The number of carbonyl (C=O) groups excluding carboxylic acids is 1. The molecule has 0 spiro atoms. The molecule has 3 atom stereocenters. The Hall–Kier alpha value is -1.29. The van der Waals surface area contributed by atoms with Crippen molar-refractivity contribution < 1.29 is 4.79 Å². The maximum Gasteiger partial charge on any atom is 0.163 e. The summed E-state index contributed by atoms with van der Waals surface area (Å²) in [5, 5.41) is 0. The third-order valence-electron chi connectivity index (χ3n) is 3.23. The lowest BCUT2D eigenvalue weighted by atomic mass is 9.76. The second-order valence-corrected chi connectivity index (χ2v) is 4.40. The Morgan fingerprint density at radius 2 is 2.20 bits per heavy atom. The van der Waals surface area contributed by atoms with E-state index in [1.807, 2.05) is 6.08 Å². The van der Waals surface area contributed by atoms with Gasteiger partial charge in [0, 0.05) is 11.5 Å². The molecule has 0 aliphatic heterocycles. The van der Waals surface area contributed by atoms with Gasteiger partial charge in [-0.25, -0.2) is 0 Å². The normalized spacial score (nSPS) is 31.1. The second-order valence-electron chi connectivity index (χ2n) is 4.40. The van der Waals surface area contributed by atoms with Crippen molar-refractivity contribution in [2.75, 3.05) is 0 Å². The van der Waals surface area contributed by atoms with E-state index in [-0.39, 0.29) is 11.7 Å². The molecule has 0 aromatic heterocycles. The zero-order valence-corrected chi connectivity index (χ0v) is 9.66. The van der Waals surface area contributed by atoms with Crippen LogP contribution in [0.25, 0.3) is 0 Å². The Morgan fingerprint density at radius 3 is 2.80 bits per heavy atom. The minimum atomic E-state index is 0.0112. The van der Waals surface area contributed by atoms with Crippen LogP contribution in [0.1, 0.15) is 27.2 Å². The highest BCUT2D eigenvalue weighted by molar-refractivity contribution is 5.94. The molecule has 1 rings (SSSR count). The van der Waals surface area contributed by atoms with Gasteiger partial charge < -0.3 is 0 Å². The van der Waals surface area contributed by atoms with Gasteiger partial charge in [0.05, 0.1) is 0 Å². The molecule has 15 heavy (non-hydrogen) atoms. The van der Waals surface area contributed by atoms with Gasteiger partial charge in [0.2, 0.25) is 0 Å². The summed E-state index contributed by atoms with van der Waals surface area (Å²) in [6.07, 6.45) is 12.0. The molecule has 0 amide bonds. The molecule has 0 saturated heterocycles. The number of hydrogen-bond acceptors (Lipinski definition) is 1. The Kier molecular flexibility index (Phi) is 3.91. The first-order chi connectivity index (χ1) is 7.06. The molecule has 0 N–H and O–H groups in total. The van der Waals surface area contributed by atoms with E-state index in [1.54, 1.807) is 13.0 Å². The largest absolute Gasteiger partial charge is 0.294 e. The molecule has 0 aromatic rings. The van der Waals surface area contributed by atoms with Crippen LogP contribution in [-0.2, 0) is 4.79 Å². The lowest BCUT2D eigenvalue weighted by molar-refractivity contribution is -0.118. The van der Waals surface area contributed by atoms with Gasteiger partial charge in [-0.3, -0.25) is 4.79 Å². The third kappa shape index (κ3) is 2.83. The van der Waals surface area contributed by atoms with Gasteiger partial charge in [-0.1, -0.05) is 31.9 Å². The van der Waals surface area contributed by atoms with Gasteiger partial charge in [0.25, 0.3) is 0 Å². The SMILES string of the molecule is C#C/C(C)=C\C(=O)C1C=CCC(C)C1C. The Morgan fingerprint density at radius 1 is 1.53 bits per heavy atom. The topological polar surface area (TPSA) is 17.1 Å². The van der Waals surface area contributed by atoms with Crippen molar-refractivity contribution in [2.45, 2.75) is 27.2 Å². The standard InChI is InChI=1S/C14H18O/c1-5-10(2)9-14(15)13-8-6-7-11(3)12(13)4/h1,6,8-9,11-13H,7H2,2-4H3/b10-9-. The molecule has 0 heterocycles. The molecule has 0 aromatic carbocycles. The molecule has 1 heteroatoms. The van der Waals surface area contributed by atoms with Crippen molar-refractivity contribution in [3.63, 3.8) is 0 Å². The Labute approximate surface area is 92.3 Å². The van der Waals surface area contributed by atoms with Crippen molar-refractivity contribution in [1.29, 1.82) is 0 Å². The maximum absolute atomic E-state index is 11.9. The van der Waals surface area contributed by atoms with Crippen molar-refractivity contribution in [3.05, 3.63) is 23.8 Å². The quantitative estimate of drug-likeness (QED) is 0.382. The van der Waals surface area contributed by atoms with Crippen molar-refractivity contribution in [3.8, 4) is 12.3 Å². The monoisotopic (exact) mass is 202 g/mol. The Bertz CT molecular complexity index is 341. The average molecular weight is 202 g/mol. The lowest BCUT2D eigenvalue weighted by Gasteiger charge is -2.28. The van der Waals surface area contributed by atoms with E-state index in [4.69, 9.17) is 6.42 Å². The molecule has 0 saturated carbocycles. The molecule has 0 fully saturated rings. The van der Waals surface area contributed by atoms with Crippen molar-refractivity contribution in [1.82, 2.24) is 0 Å². The van der Waals surface area contributed by atoms with E-state index in [0.717, 1.165) is 6.42 Å². The van der Waals surface area contributed by atoms with Crippen molar-refractivity contribution in [2.24, 2.45) is 17.8 Å². The van der Waals surface area contributed by atoms with E-state index >= 15 is 0 Å². The molecular formula is C14H18O. The molecule has 1 aliphatic rings. The van der Waals surface area contributed by atoms with Crippen molar-refractivity contribution >= 4 is 5.78 Å². The van der Waals surface area contributed by atoms with Gasteiger partial charge >= 0.3 is 0 Å². The van der Waals surface area contributed by atoms with Crippen LogP contribution in [0, 0.1) is 30.1 Å². The van der Waals surface area contributed by atoms with Crippen LogP contribution >= 0.6 is 0 Å². The van der Waals surface area contributed by atoms with Gasteiger partial charge in [-0.15, -0.1) is 6.42 Å². The van der Waals surface area contributed by atoms with Crippen LogP contribution in [0.4, 0.5) is 0 Å². The maximum atomic E-state index is 11.9. The number of allylic oxidation sites excluding steroid dienone is 4. The summed E-state index contributed by atoms with van der Waals surface area (Å²) >= 11 is 0. The van der Waals surface area contributed by atoms with E-state index in [2.05, 4.69) is 25.8 Å². The van der Waals surface area contributed by atoms with E-state index < -0.39 is 0 Å². The summed E-state index contributed by atoms with van der Waals surface area (Å²) in [6.45, 7) is 6.11. The highest BCUT2D eigenvalue weighted by Crippen LogP contribution is 2.30. The Balaban J connectivity index is 2.81. The minimum Gasteiger partial charge on any atom is -0.294 e. The zero-order valence-electron chi connectivity index (χ0n) is 9.66. The third-order valence-corrected chi connectivity index (χ3v) is 3.23. The lowest BCUT2D eigenvalue weighted by Crippen LogP contribution is -2.26. The highest BCUT2D eigenvalue weighted by Gasteiger charge is 2.27. The molecule has 1 aliphatic carbocycles.